The zero-order valence-corrected chi connectivity index (χ0v) is 38.4. The molecule has 4 aromatic rings. The molecular formula is C54H71N3O7. The summed E-state index contributed by atoms with van der Waals surface area (Å²) in [6.45, 7) is 9.87. The first-order valence-corrected chi connectivity index (χ1v) is 24.0. The highest BCUT2D eigenvalue weighted by Crippen LogP contribution is 2.42. The maximum absolute atomic E-state index is 13.5. The summed E-state index contributed by atoms with van der Waals surface area (Å²) < 4.78 is 19.1. The number of carbonyl (C=O) groups excluding carboxylic acids is 3. The number of benzene rings is 4. The number of nitrogens with one attached hydrogen (secondary N) is 1. The summed E-state index contributed by atoms with van der Waals surface area (Å²) in [6, 6.07) is 32.3. The Morgan fingerprint density at radius 1 is 0.734 bits per heavy atom. The third-order valence-electron chi connectivity index (χ3n) is 12.8. The lowest BCUT2D eigenvalue weighted by Gasteiger charge is -2.43. The number of rotatable bonds is 25. The molecule has 0 aromatic heterocycles. The summed E-state index contributed by atoms with van der Waals surface area (Å²) in [5, 5.41) is 12.4. The number of ether oxygens (including phenoxy) is 3. The molecule has 2 N–H and O–H groups in total. The summed E-state index contributed by atoms with van der Waals surface area (Å²) >= 11 is 0. The van der Waals surface area contributed by atoms with Crippen molar-refractivity contribution in [3.63, 3.8) is 0 Å². The Labute approximate surface area is 381 Å². The molecule has 344 valence electrons. The fourth-order valence-electron chi connectivity index (χ4n) is 8.91. The van der Waals surface area contributed by atoms with Crippen molar-refractivity contribution in [3.05, 3.63) is 131 Å². The van der Waals surface area contributed by atoms with Crippen molar-refractivity contribution in [2.24, 2.45) is 5.92 Å². The van der Waals surface area contributed by atoms with Gasteiger partial charge in [-0.2, -0.15) is 0 Å². The van der Waals surface area contributed by atoms with Gasteiger partial charge in [-0.15, -0.1) is 0 Å². The average Bonchev–Trinajstić information content (AvgIpc) is 3.58. The Kier molecular flexibility index (Phi) is 19.4. The zero-order chi connectivity index (χ0) is 45.1. The molecule has 2 aliphatic rings. The van der Waals surface area contributed by atoms with Gasteiger partial charge in [-0.05, 0) is 59.3 Å². The number of carbonyl (C=O) groups is 3. The van der Waals surface area contributed by atoms with E-state index in [0.29, 0.717) is 0 Å². The van der Waals surface area contributed by atoms with Gasteiger partial charge < -0.3 is 29.5 Å². The predicted octanol–water partition coefficient (Wildman–Crippen LogP) is 11.2. The highest BCUT2D eigenvalue weighted by molar-refractivity contribution is 6.06. The minimum absolute atomic E-state index is 0.00850. The number of hydrogen-bond donors (Lipinski definition) is 2. The quantitative estimate of drug-likeness (QED) is 0.0499. The van der Waals surface area contributed by atoms with Crippen LogP contribution in [0, 0.1) is 5.92 Å². The lowest BCUT2D eigenvalue weighted by atomic mass is 9.89. The van der Waals surface area contributed by atoms with Crippen LogP contribution >= 0.6 is 0 Å². The lowest BCUT2D eigenvalue weighted by Crippen LogP contribution is -2.45. The van der Waals surface area contributed by atoms with E-state index >= 15 is 0 Å². The van der Waals surface area contributed by atoms with Crippen LogP contribution < -0.4 is 5.32 Å². The summed E-state index contributed by atoms with van der Waals surface area (Å²) in [7, 11) is 0. The zero-order valence-electron chi connectivity index (χ0n) is 38.4. The first kappa shape index (κ1) is 48.6. The van der Waals surface area contributed by atoms with E-state index in [2.05, 4.69) is 43.1 Å². The minimum Gasteiger partial charge on any atom is -0.445 e. The number of imide groups is 1. The van der Waals surface area contributed by atoms with E-state index in [9.17, 15) is 19.5 Å². The molecule has 0 spiro atoms. The summed E-state index contributed by atoms with van der Waals surface area (Å²) in [4.78, 5) is 43.1. The number of unbranched alkanes of at least 4 members (excludes halogenated alkanes) is 10. The Balaban J connectivity index is 1.15. The van der Waals surface area contributed by atoms with Crippen LogP contribution in [0.3, 0.4) is 0 Å². The number of aliphatic hydroxyl groups excluding tert-OH is 1. The molecule has 0 radical (unpaired) electrons. The smallest absolute Gasteiger partial charge is 0.408 e. The topological polar surface area (TPSA) is 118 Å². The Morgan fingerprint density at radius 3 is 2.00 bits per heavy atom. The van der Waals surface area contributed by atoms with Gasteiger partial charge in [0.15, 0.2) is 6.29 Å². The molecule has 2 aliphatic heterocycles. The van der Waals surface area contributed by atoms with Gasteiger partial charge in [-0.3, -0.25) is 14.5 Å². The second-order valence-corrected chi connectivity index (χ2v) is 17.7. The third-order valence-corrected chi connectivity index (χ3v) is 12.8. The van der Waals surface area contributed by atoms with E-state index in [-0.39, 0.29) is 50.2 Å². The molecule has 2 heterocycles. The van der Waals surface area contributed by atoms with Crippen molar-refractivity contribution in [2.45, 2.75) is 149 Å². The number of nitrogens with zero attached hydrogens (tertiary/aromatic N) is 2. The molecule has 2 saturated heterocycles. The molecule has 0 aliphatic carbocycles. The van der Waals surface area contributed by atoms with Crippen LogP contribution in [0.25, 0.3) is 11.1 Å². The molecule has 2 fully saturated rings. The molecule has 5 atom stereocenters. The summed E-state index contributed by atoms with van der Waals surface area (Å²) in [6.07, 6.45) is 13.5. The van der Waals surface area contributed by atoms with E-state index < -0.39 is 24.3 Å². The van der Waals surface area contributed by atoms with Crippen LogP contribution in [0.1, 0.15) is 144 Å². The second kappa shape index (κ2) is 25.6. The lowest BCUT2D eigenvalue weighted by molar-refractivity contribution is -0.276. The SMILES string of the molecule is CCCCCCCCN(CCCCCCCC)C[C@@H]1O[C@H](c2ccc(-c3ccccc3CN3C(=O)CC(NC(=O)OCc4ccccc4)C3=O)cc2)O[C@H](c2ccc(CO)cc2)[C@@H]1C. The van der Waals surface area contributed by atoms with Crippen molar-refractivity contribution in [1.29, 1.82) is 0 Å². The first-order chi connectivity index (χ1) is 31.3. The molecule has 3 amide bonds. The molecule has 10 heteroatoms. The molecular weight excluding hydrogens is 803 g/mol. The van der Waals surface area contributed by atoms with Crippen molar-refractivity contribution < 1.29 is 33.7 Å². The number of alkyl carbamates (subject to hydrolysis) is 1. The van der Waals surface area contributed by atoms with Gasteiger partial charge in [-0.25, -0.2) is 4.79 Å². The molecule has 4 aromatic carbocycles. The summed E-state index contributed by atoms with van der Waals surface area (Å²) in [5.74, 6) is -0.720. The second-order valence-electron chi connectivity index (χ2n) is 17.7. The number of hydrogen-bond acceptors (Lipinski definition) is 8. The molecule has 1 unspecified atom stereocenters. The predicted molar refractivity (Wildman–Crippen MR) is 252 cm³/mol. The van der Waals surface area contributed by atoms with Gasteiger partial charge in [0.1, 0.15) is 12.6 Å². The van der Waals surface area contributed by atoms with Crippen LogP contribution in [0.2, 0.25) is 0 Å². The van der Waals surface area contributed by atoms with Crippen LogP contribution in [-0.2, 0) is 43.6 Å². The van der Waals surface area contributed by atoms with Crippen molar-refractivity contribution in [3.8, 4) is 11.1 Å². The number of amides is 3. The normalized spacial score (nSPS) is 20.0. The van der Waals surface area contributed by atoms with Crippen LogP contribution in [-0.4, -0.2) is 64.6 Å². The molecule has 6 rings (SSSR count). The number of aliphatic hydroxyl groups is 1. The fraction of sp³-hybridized carbons (Fsp3) is 0.500. The van der Waals surface area contributed by atoms with Gasteiger partial charge in [0.2, 0.25) is 5.91 Å². The van der Waals surface area contributed by atoms with E-state index in [0.717, 1.165) is 58.6 Å². The van der Waals surface area contributed by atoms with E-state index in [1.165, 1.54) is 81.9 Å². The van der Waals surface area contributed by atoms with Crippen LogP contribution in [0.5, 0.6) is 0 Å². The largest absolute Gasteiger partial charge is 0.445 e. The highest BCUT2D eigenvalue weighted by Gasteiger charge is 2.41. The maximum Gasteiger partial charge on any atom is 0.408 e. The molecule has 0 bridgehead atoms. The third kappa shape index (κ3) is 14.1. The number of likely N-dealkylation sites (tertiary alicyclic amines) is 1. The van der Waals surface area contributed by atoms with Crippen LogP contribution in [0.15, 0.2) is 103 Å². The molecule has 10 nitrogen and oxygen atoms in total. The minimum atomic E-state index is -0.987. The van der Waals surface area contributed by atoms with Crippen molar-refractivity contribution in [1.82, 2.24) is 15.1 Å². The fourth-order valence-corrected chi connectivity index (χ4v) is 8.91. The van der Waals surface area contributed by atoms with Gasteiger partial charge in [-0.1, -0.05) is 188 Å². The standard InChI is InChI=1S/C54H71N3O7/c1-4-6-8-10-12-19-33-56(34-20-13-11-9-7-5-2)37-49-40(3)51(44-27-25-41(38-58)26-28-44)64-53(63-49)45-31-29-43(30-32-45)47-24-18-17-23-46(47)36-57-50(59)35-48(52(57)60)55-54(61)62-39-42-21-15-14-16-22-42/h14-18,21-32,40,48-49,51,53,58H,4-13,19-20,33-39H2,1-3H3,(H,55,61)/t40-,48?,49+,51+,53+/m1/s1. The van der Waals surface area contributed by atoms with E-state index in [4.69, 9.17) is 14.2 Å². The summed E-state index contributed by atoms with van der Waals surface area (Å²) in [5.41, 5.74) is 6.30. The molecule has 64 heavy (non-hydrogen) atoms. The van der Waals surface area contributed by atoms with E-state index in [1.807, 2.05) is 91.0 Å². The van der Waals surface area contributed by atoms with Gasteiger partial charge >= 0.3 is 6.09 Å². The Hall–Kier alpha value is -4.87. The van der Waals surface area contributed by atoms with Gasteiger partial charge in [0.05, 0.1) is 31.8 Å². The van der Waals surface area contributed by atoms with E-state index in [1.54, 1.807) is 0 Å². The van der Waals surface area contributed by atoms with Gasteiger partial charge in [0, 0.05) is 18.0 Å². The Bertz CT molecular complexity index is 2010. The average molecular weight is 874 g/mol. The first-order valence-electron chi connectivity index (χ1n) is 24.0. The highest BCUT2D eigenvalue weighted by atomic mass is 16.7. The van der Waals surface area contributed by atoms with Crippen LogP contribution in [0.4, 0.5) is 4.79 Å². The Morgan fingerprint density at radius 2 is 1.34 bits per heavy atom. The molecule has 0 saturated carbocycles. The maximum atomic E-state index is 13.5. The van der Waals surface area contributed by atoms with Crippen molar-refractivity contribution >= 4 is 17.9 Å². The van der Waals surface area contributed by atoms with Gasteiger partial charge in [0.25, 0.3) is 5.91 Å². The van der Waals surface area contributed by atoms with Crippen molar-refractivity contribution in [2.75, 3.05) is 19.6 Å². The monoisotopic (exact) mass is 874 g/mol.